The Morgan fingerprint density at radius 1 is 1.09 bits per heavy atom. The summed E-state index contributed by atoms with van der Waals surface area (Å²) in [5, 5.41) is 0. The van der Waals surface area contributed by atoms with E-state index in [1.54, 1.807) is 0 Å². The van der Waals surface area contributed by atoms with Crippen LogP contribution in [0.4, 0.5) is 0 Å². The van der Waals surface area contributed by atoms with Crippen LogP contribution in [0, 0.1) is 3.57 Å². The van der Waals surface area contributed by atoms with Crippen LogP contribution in [0.3, 0.4) is 0 Å². The number of carbonyl (C=O) groups excluding carboxylic acids is 1. The normalized spacial score (nSPS) is 13.6. The zero-order valence-electron chi connectivity index (χ0n) is 13.7. The average molecular weight is 423 g/mol. The second-order valence-electron chi connectivity index (χ2n) is 5.51. The molecule has 0 amide bonds. The maximum Gasteiger partial charge on any atom is 0.328 e. The molecule has 0 radical (unpaired) electrons. The smallest absolute Gasteiger partial charge is 0.328 e. The molecule has 2 rings (SSSR count). The fourth-order valence-electron chi connectivity index (χ4n) is 2.47. The first-order valence-corrected chi connectivity index (χ1v) is 10.0. The number of likely N-dealkylation sites (N-methyl/N-ethyl adjacent to an activating group) is 1. The SMILES string of the molecule is C=Ic1ccccc1[C@@H](C(=O)O[C@@H](C)c1ccccc1)N(C)C. The summed E-state index contributed by atoms with van der Waals surface area (Å²) in [4.78, 5) is 14.7. The van der Waals surface area contributed by atoms with E-state index in [0.29, 0.717) is 0 Å². The molecule has 0 saturated heterocycles. The van der Waals surface area contributed by atoms with E-state index in [1.165, 1.54) is 3.57 Å². The molecule has 0 N–H and O–H groups in total. The minimum Gasteiger partial charge on any atom is -0.456 e. The lowest BCUT2D eigenvalue weighted by atomic mass is 10.1. The lowest BCUT2D eigenvalue weighted by Crippen LogP contribution is -2.30. The van der Waals surface area contributed by atoms with Gasteiger partial charge in [-0.3, -0.25) is 4.90 Å². The van der Waals surface area contributed by atoms with Crippen LogP contribution in [0.5, 0.6) is 0 Å². The van der Waals surface area contributed by atoms with Crippen molar-refractivity contribution in [3.63, 3.8) is 0 Å². The standard InChI is InChI=1S/C19H22INO2/c1-14(15-10-6-5-7-11-15)23-19(22)18(21(3)4)16-12-8-9-13-17(16)20-2/h5-14,18H,2H2,1,3-4H3/t14-,18-/m0/s1. The number of nitrogens with zero attached hydrogens (tertiary/aromatic N) is 1. The Kier molecular flexibility index (Phi) is 6.47. The maximum atomic E-state index is 12.8. The van der Waals surface area contributed by atoms with E-state index in [4.69, 9.17) is 4.74 Å². The van der Waals surface area contributed by atoms with Gasteiger partial charge in [-0.05, 0) is 38.2 Å². The zero-order valence-corrected chi connectivity index (χ0v) is 15.9. The monoisotopic (exact) mass is 423 g/mol. The lowest BCUT2D eigenvalue weighted by molar-refractivity contribution is -0.154. The van der Waals surface area contributed by atoms with Crippen molar-refractivity contribution in [3.05, 3.63) is 69.3 Å². The molecule has 0 saturated carbocycles. The van der Waals surface area contributed by atoms with Gasteiger partial charge in [0.25, 0.3) is 0 Å². The van der Waals surface area contributed by atoms with Gasteiger partial charge in [0, 0.05) is 3.57 Å². The van der Waals surface area contributed by atoms with Gasteiger partial charge in [0.2, 0.25) is 0 Å². The van der Waals surface area contributed by atoms with Crippen molar-refractivity contribution in [2.24, 2.45) is 0 Å². The van der Waals surface area contributed by atoms with Crippen molar-refractivity contribution in [3.8, 4) is 0 Å². The molecule has 2 aromatic rings. The van der Waals surface area contributed by atoms with Crippen LogP contribution >= 0.6 is 20.7 Å². The van der Waals surface area contributed by atoms with E-state index in [-0.39, 0.29) is 32.8 Å². The Morgan fingerprint density at radius 2 is 1.70 bits per heavy atom. The van der Waals surface area contributed by atoms with Gasteiger partial charge in [-0.2, -0.15) is 0 Å². The van der Waals surface area contributed by atoms with E-state index in [0.717, 1.165) is 11.1 Å². The largest absolute Gasteiger partial charge is 0.456 e. The Bertz CT molecular complexity index is 670. The van der Waals surface area contributed by atoms with Crippen LogP contribution < -0.4 is 0 Å². The summed E-state index contributed by atoms with van der Waals surface area (Å²) in [5.74, 6) is -0.226. The molecule has 0 aliphatic carbocycles. The third-order valence-corrected chi connectivity index (χ3v) is 5.45. The van der Waals surface area contributed by atoms with Crippen molar-refractivity contribution in [2.45, 2.75) is 19.1 Å². The van der Waals surface area contributed by atoms with Crippen molar-refractivity contribution in [1.29, 1.82) is 0 Å². The topological polar surface area (TPSA) is 29.5 Å². The minimum atomic E-state index is -0.404. The first-order chi connectivity index (χ1) is 11.0. The molecule has 2 aromatic carbocycles. The molecular weight excluding hydrogens is 401 g/mol. The number of rotatable bonds is 6. The zero-order chi connectivity index (χ0) is 16.8. The van der Waals surface area contributed by atoms with Gasteiger partial charge in [-0.25, -0.2) is 4.79 Å². The molecule has 4 heteroatoms. The fourth-order valence-corrected chi connectivity index (χ4v) is 3.84. The van der Waals surface area contributed by atoms with Gasteiger partial charge in [0.15, 0.2) is 0 Å². The maximum absolute atomic E-state index is 12.8. The molecule has 0 unspecified atom stereocenters. The van der Waals surface area contributed by atoms with Gasteiger partial charge >= 0.3 is 5.97 Å². The van der Waals surface area contributed by atoms with Gasteiger partial charge < -0.3 is 4.74 Å². The predicted molar refractivity (Wildman–Crippen MR) is 104 cm³/mol. The Hall–Kier alpha value is -1.53. The number of ether oxygens (including phenoxy) is 1. The molecule has 0 aliphatic rings. The first kappa shape index (κ1) is 17.8. The second-order valence-corrected chi connectivity index (χ2v) is 7.44. The van der Waals surface area contributed by atoms with E-state index in [2.05, 4.69) is 10.6 Å². The number of halogens is 1. The predicted octanol–water partition coefficient (Wildman–Crippen LogP) is 4.17. The molecule has 2 atom stereocenters. The van der Waals surface area contributed by atoms with E-state index in [9.17, 15) is 4.79 Å². The highest BCUT2D eigenvalue weighted by Gasteiger charge is 2.28. The summed E-state index contributed by atoms with van der Waals surface area (Å²) in [6, 6.07) is 17.4. The molecule has 122 valence electrons. The highest BCUT2D eigenvalue weighted by molar-refractivity contribution is 14.2. The van der Waals surface area contributed by atoms with Gasteiger partial charge in [0.1, 0.15) is 12.1 Å². The van der Waals surface area contributed by atoms with Crippen molar-refractivity contribution < 1.29 is 9.53 Å². The van der Waals surface area contributed by atoms with E-state index >= 15 is 0 Å². The molecule has 0 bridgehead atoms. The number of esters is 1. The van der Waals surface area contributed by atoms with Crippen LogP contribution in [0.1, 0.15) is 30.2 Å². The lowest BCUT2D eigenvalue weighted by Gasteiger charge is -2.26. The average Bonchev–Trinajstić information content (AvgIpc) is 2.56. The summed E-state index contributed by atoms with van der Waals surface area (Å²) in [6.45, 7) is 1.90. The fraction of sp³-hybridized carbons (Fsp3) is 0.263. The van der Waals surface area contributed by atoms with Crippen molar-refractivity contribution in [1.82, 2.24) is 4.90 Å². The third-order valence-electron chi connectivity index (χ3n) is 3.65. The summed E-state index contributed by atoms with van der Waals surface area (Å²) in [5.41, 5.74) is 2.00. The number of hydrogen-bond donors (Lipinski definition) is 0. The summed E-state index contributed by atoms with van der Waals surface area (Å²) in [7, 11) is 3.80. The Morgan fingerprint density at radius 3 is 2.30 bits per heavy atom. The summed E-state index contributed by atoms with van der Waals surface area (Å²) < 4.78 is 11.0. The molecule has 0 aromatic heterocycles. The van der Waals surface area contributed by atoms with Crippen LogP contribution in [0.2, 0.25) is 0 Å². The molecule has 23 heavy (non-hydrogen) atoms. The first-order valence-electron chi connectivity index (χ1n) is 7.43. The number of benzene rings is 2. The molecule has 0 aliphatic heterocycles. The van der Waals surface area contributed by atoms with Crippen LogP contribution in [0.25, 0.3) is 0 Å². The molecule has 0 fully saturated rings. The Balaban J connectivity index is 2.24. The van der Waals surface area contributed by atoms with Crippen LogP contribution in [-0.4, -0.2) is 29.5 Å². The Labute approximate surface area is 148 Å². The van der Waals surface area contributed by atoms with Gasteiger partial charge in [0.05, 0.1) is 0 Å². The second kappa shape index (κ2) is 8.36. The van der Waals surface area contributed by atoms with Crippen LogP contribution in [-0.2, 0) is 9.53 Å². The van der Waals surface area contributed by atoms with Crippen LogP contribution in [0.15, 0.2) is 54.6 Å². The molecule has 0 spiro atoms. The quantitative estimate of drug-likeness (QED) is 0.516. The van der Waals surface area contributed by atoms with E-state index in [1.807, 2.05) is 74.4 Å². The molecular formula is C19H22INO2. The molecule has 0 heterocycles. The van der Waals surface area contributed by atoms with Crippen molar-refractivity contribution in [2.75, 3.05) is 14.1 Å². The minimum absolute atomic E-state index is 0.226. The number of carbonyl (C=O) groups is 1. The highest BCUT2D eigenvalue weighted by Crippen LogP contribution is 2.28. The molecule has 3 nitrogen and oxygen atoms in total. The summed E-state index contributed by atoms with van der Waals surface area (Å²) >= 11 is -0.347. The van der Waals surface area contributed by atoms with Crippen molar-refractivity contribution >= 4 is 31.2 Å². The third kappa shape index (κ3) is 4.48. The van der Waals surface area contributed by atoms with Gasteiger partial charge in [-0.1, -0.05) is 73.8 Å². The van der Waals surface area contributed by atoms with E-state index < -0.39 is 6.04 Å². The summed E-state index contributed by atoms with van der Waals surface area (Å²) in [6.07, 6.45) is -0.271. The number of hydrogen-bond acceptors (Lipinski definition) is 3. The highest BCUT2D eigenvalue weighted by atomic mass is 127. The van der Waals surface area contributed by atoms with Gasteiger partial charge in [-0.15, -0.1) is 0 Å².